The summed E-state index contributed by atoms with van der Waals surface area (Å²) in [7, 11) is 0. The van der Waals surface area contributed by atoms with Crippen molar-refractivity contribution in [1.82, 2.24) is 9.97 Å². The van der Waals surface area contributed by atoms with Crippen LogP contribution in [0.15, 0.2) is 24.3 Å². The van der Waals surface area contributed by atoms with Crippen LogP contribution in [0.5, 0.6) is 5.88 Å². The quantitative estimate of drug-likeness (QED) is 0.874. The molecule has 1 aromatic carbocycles. The predicted octanol–water partition coefficient (Wildman–Crippen LogP) is 2.68. The molecule has 0 atom stereocenters. The van der Waals surface area contributed by atoms with Crippen molar-refractivity contribution in [3.63, 3.8) is 0 Å². The van der Waals surface area contributed by atoms with Crippen molar-refractivity contribution in [3.8, 4) is 5.88 Å². The zero-order valence-corrected chi connectivity index (χ0v) is 12.5. The highest BCUT2D eigenvalue weighted by atomic mass is 16.5. The van der Waals surface area contributed by atoms with Gasteiger partial charge in [-0.25, -0.2) is 4.98 Å². The SMILES string of the molecule is CCCOc1cc(C)nc(N2Cc3ccc(N)cc3C2)n1. The van der Waals surface area contributed by atoms with Crippen LogP contribution < -0.4 is 15.4 Å². The smallest absolute Gasteiger partial charge is 0.229 e. The molecule has 0 saturated heterocycles. The molecule has 0 amide bonds. The predicted molar refractivity (Wildman–Crippen MR) is 83.3 cm³/mol. The molecule has 1 aliphatic heterocycles. The summed E-state index contributed by atoms with van der Waals surface area (Å²) in [6.07, 6.45) is 0.965. The van der Waals surface area contributed by atoms with Gasteiger partial charge < -0.3 is 15.4 Å². The van der Waals surface area contributed by atoms with Gasteiger partial charge in [-0.1, -0.05) is 13.0 Å². The van der Waals surface area contributed by atoms with Crippen molar-refractivity contribution in [2.24, 2.45) is 0 Å². The van der Waals surface area contributed by atoms with Crippen LogP contribution in [0.2, 0.25) is 0 Å². The van der Waals surface area contributed by atoms with Gasteiger partial charge >= 0.3 is 0 Å². The summed E-state index contributed by atoms with van der Waals surface area (Å²) in [5.74, 6) is 1.37. The molecule has 5 heteroatoms. The maximum absolute atomic E-state index is 5.85. The first-order chi connectivity index (χ1) is 10.2. The van der Waals surface area contributed by atoms with Gasteiger partial charge in [-0.2, -0.15) is 4.98 Å². The van der Waals surface area contributed by atoms with E-state index in [1.807, 2.05) is 25.1 Å². The van der Waals surface area contributed by atoms with Crippen LogP contribution in [0.1, 0.15) is 30.2 Å². The number of hydrogen-bond donors (Lipinski definition) is 1. The lowest BCUT2D eigenvalue weighted by Crippen LogP contribution is -2.18. The van der Waals surface area contributed by atoms with Crippen LogP contribution in [0.3, 0.4) is 0 Å². The van der Waals surface area contributed by atoms with Gasteiger partial charge in [0.2, 0.25) is 11.8 Å². The summed E-state index contributed by atoms with van der Waals surface area (Å²) in [6, 6.07) is 7.92. The first kappa shape index (κ1) is 13.7. The second-order valence-corrected chi connectivity index (χ2v) is 5.38. The Morgan fingerprint density at radius 2 is 2.00 bits per heavy atom. The maximum atomic E-state index is 5.85. The van der Waals surface area contributed by atoms with Gasteiger partial charge in [0.15, 0.2) is 0 Å². The first-order valence-corrected chi connectivity index (χ1v) is 7.26. The standard InChI is InChI=1S/C16H20N4O/c1-3-6-21-15-7-11(2)18-16(19-15)20-9-12-4-5-14(17)8-13(12)10-20/h4-5,7-8H,3,6,9-10,17H2,1-2H3. The highest BCUT2D eigenvalue weighted by Crippen LogP contribution is 2.28. The number of benzene rings is 1. The number of nitrogens with zero attached hydrogens (tertiary/aromatic N) is 3. The second kappa shape index (κ2) is 5.60. The van der Waals surface area contributed by atoms with E-state index < -0.39 is 0 Å². The highest BCUT2D eigenvalue weighted by molar-refractivity contribution is 5.51. The van der Waals surface area contributed by atoms with Gasteiger partial charge in [0, 0.05) is 30.5 Å². The van der Waals surface area contributed by atoms with Crippen molar-refractivity contribution in [2.75, 3.05) is 17.2 Å². The number of nitrogens with two attached hydrogens (primary N) is 1. The Kier molecular flexibility index (Phi) is 3.64. The summed E-state index contributed by atoms with van der Waals surface area (Å²) in [5.41, 5.74) is 10.1. The number of ether oxygens (including phenoxy) is 1. The van der Waals surface area contributed by atoms with Gasteiger partial charge in [-0.05, 0) is 36.6 Å². The molecular weight excluding hydrogens is 264 g/mol. The zero-order valence-electron chi connectivity index (χ0n) is 12.5. The second-order valence-electron chi connectivity index (χ2n) is 5.38. The van der Waals surface area contributed by atoms with E-state index in [1.165, 1.54) is 11.1 Å². The fourth-order valence-corrected chi connectivity index (χ4v) is 2.50. The topological polar surface area (TPSA) is 64.3 Å². The summed E-state index contributed by atoms with van der Waals surface area (Å²) in [4.78, 5) is 11.2. The van der Waals surface area contributed by atoms with E-state index in [0.717, 1.165) is 36.8 Å². The zero-order chi connectivity index (χ0) is 14.8. The van der Waals surface area contributed by atoms with Crippen LogP contribution in [-0.4, -0.2) is 16.6 Å². The number of fused-ring (bicyclic) bond motifs is 1. The minimum atomic E-state index is 0.648. The average Bonchev–Trinajstić information content (AvgIpc) is 2.87. The van der Waals surface area contributed by atoms with E-state index in [9.17, 15) is 0 Å². The molecule has 1 aromatic heterocycles. The molecule has 5 nitrogen and oxygen atoms in total. The van der Waals surface area contributed by atoms with Crippen LogP contribution in [0, 0.1) is 6.92 Å². The molecule has 0 saturated carbocycles. The van der Waals surface area contributed by atoms with E-state index in [4.69, 9.17) is 10.5 Å². The molecule has 0 unspecified atom stereocenters. The minimum Gasteiger partial charge on any atom is -0.478 e. The summed E-state index contributed by atoms with van der Waals surface area (Å²) in [5, 5.41) is 0. The number of rotatable bonds is 4. The van der Waals surface area contributed by atoms with Crippen LogP contribution in [0.4, 0.5) is 11.6 Å². The van der Waals surface area contributed by atoms with Gasteiger partial charge in [0.25, 0.3) is 0 Å². The molecule has 110 valence electrons. The Balaban J connectivity index is 1.84. The van der Waals surface area contributed by atoms with E-state index >= 15 is 0 Å². The molecule has 0 aliphatic carbocycles. The molecule has 0 radical (unpaired) electrons. The minimum absolute atomic E-state index is 0.648. The monoisotopic (exact) mass is 284 g/mol. The third-order valence-electron chi connectivity index (χ3n) is 3.51. The van der Waals surface area contributed by atoms with Crippen LogP contribution >= 0.6 is 0 Å². The van der Waals surface area contributed by atoms with Crippen LogP contribution in [0.25, 0.3) is 0 Å². The van der Waals surface area contributed by atoms with Crippen molar-refractivity contribution in [2.45, 2.75) is 33.4 Å². The number of aryl methyl sites for hydroxylation is 1. The summed E-state index contributed by atoms with van der Waals surface area (Å²) >= 11 is 0. The Bertz CT molecular complexity index is 657. The van der Waals surface area contributed by atoms with Crippen molar-refractivity contribution < 1.29 is 4.74 Å². The third-order valence-corrected chi connectivity index (χ3v) is 3.51. The van der Waals surface area contributed by atoms with Crippen molar-refractivity contribution in [1.29, 1.82) is 0 Å². The molecule has 0 bridgehead atoms. The molecule has 21 heavy (non-hydrogen) atoms. The van der Waals surface area contributed by atoms with Gasteiger partial charge in [-0.3, -0.25) is 0 Å². The Labute approximate surface area is 124 Å². The molecule has 3 rings (SSSR count). The number of anilines is 2. The molecule has 0 fully saturated rings. The Morgan fingerprint density at radius 3 is 2.81 bits per heavy atom. The van der Waals surface area contributed by atoms with E-state index in [-0.39, 0.29) is 0 Å². The largest absolute Gasteiger partial charge is 0.478 e. The molecule has 2 heterocycles. The van der Waals surface area contributed by atoms with Crippen LogP contribution in [-0.2, 0) is 13.1 Å². The molecule has 1 aliphatic rings. The number of nitrogen functional groups attached to an aromatic ring is 1. The summed E-state index contributed by atoms with van der Waals surface area (Å²) < 4.78 is 5.63. The molecule has 2 N–H and O–H groups in total. The van der Waals surface area contributed by atoms with Crippen molar-refractivity contribution >= 4 is 11.6 Å². The first-order valence-electron chi connectivity index (χ1n) is 7.26. The Hall–Kier alpha value is -2.30. The summed E-state index contributed by atoms with van der Waals surface area (Å²) in [6.45, 7) is 6.32. The fourth-order valence-electron chi connectivity index (χ4n) is 2.50. The normalized spacial score (nSPS) is 13.3. The lowest BCUT2D eigenvalue weighted by Gasteiger charge is -2.16. The van der Waals surface area contributed by atoms with Gasteiger partial charge in [0.1, 0.15) is 0 Å². The molecular formula is C16H20N4O. The fraction of sp³-hybridized carbons (Fsp3) is 0.375. The third kappa shape index (κ3) is 2.91. The van der Waals surface area contributed by atoms with Crippen molar-refractivity contribution in [3.05, 3.63) is 41.1 Å². The number of aromatic nitrogens is 2. The lowest BCUT2D eigenvalue weighted by molar-refractivity contribution is 0.304. The van der Waals surface area contributed by atoms with E-state index in [2.05, 4.69) is 27.9 Å². The Morgan fingerprint density at radius 1 is 1.19 bits per heavy atom. The molecule has 0 spiro atoms. The number of hydrogen-bond acceptors (Lipinski definition) is 5. The maximum Gasteiger partial charge on any atom is 0.229 e. The van der Waals surface area contributed by atoms with E-state index in [1.54, 1.807) is 0 Å². The van der Waals surface area contributed by atoms with E-state index in [0.29, 0.717) is 12.5 Å². The van der Waals surface area contributed by atoms with Gasteiger partial charge in [0.05, 0.1) is 6.61 Å². The molecule has 2 aromatic rings. The lowest BCUT2D eigenvalue weighted by atomic mass is 10.1. The average molecular weight is 284 g/mol. The van der Waals surface area contributed by atoms with Gasteiger partial charge in [-0.15, -0.1) is 0 Å². The highest BCUT2D eigenvalue weighted by Gasteiger charge is 2.22.